The Morgan fingerprint density at radius 2 is 1.88 bits per heavy atom. The summed E-state index contributed by atoms with van der Waals surface area (Å²) >= 11 is 1.40. The number of benzene rings is 2. The molecule has 0 fully saturated rings. The van der Waals surface area contributed by atoms with Gasteiger partial charge in [-0.05, 0) is 24.3 Å². The van der Waals surface area contributed by atoms with Crippen molar-refractivity contribution in [3.63, 3.8) is 0 Å². The van der Waals surface area contributed by atoms with Gasteiger partial charge in [-0.1, -0.05) is 42.1 Å². The van der Waals surface area contributed by atoms with Crippen molar-refractivity contribution < 1.29 is 4.79 Å². The monoisotopic (exact) mass is 351 g/mol. The fourth-order valence-corrected chi connectivity index (χ4v) is 3.59. The van der Waals surface area contributed by atoms with E-state index in [9.17, 15) is 4.79 Å². The number of thioether (sulfide) groups is 1. The van der Waals surface area contributed by atoms with Crippen molar-refractivity contribution in [2.75, 3.05) is 23.0 Å². The molecule has 1 N–H and O–H groups in total. The zero-order valence-electron chi connectivity index (χ0n) is 13.7. The molecule has 0 saturated carbocycles. The average Bonchev–Trinajstić information content (AvgIpc) is 3.04. The van der Waals surface area contributed by atoms with Gasteiger partial charge in [-0.2, -0.15) is 0 Å². The van der Waals surface area contributed by atoms with Crippen molar-refractivity contribution in [1.29, 1.82) is 0 Å². The summed E-state index contributed by atoms with van der Waals surface area (Å²) in [5.41, 5.74) is 3.00. The molecular weight excluding hydrogens is 334 g/mol. The van der Waals surface area contributed by atoms with E-state index in [0.717, 1.165) is 27.9 Å². The first-order valence-electron chi connectivity index (χ1n) is 7.94. The van der Waals surface area contributed by atoms with Crippen molar-refractivity contribution in [2.24, 2.45) is 0 Å². The van der Waals surface area contributed by atoms with E-state index in [1.165, 1.54) is 11.8 Å². The van der Waals surface area contributed by atoms with Crippen LogP contribution in [0.15, 0.2) is 59.8 Å². The minimum absolute atomic E-state index is 0.0573. The summed E-state index contributed by atoms with van der Waals surface area (Å²) in [6.45, 7) is 0.669. The number of carbonyl (C=O) groups is 1. The maximum Gasteiger partial charge on any atom is 0.234 e. The molecule has 1 aliphatic rings. The van der Waals surface area contributed by atoms with Crippen LogP contribution in [0.25, 0.3) is 11.4 Å². The van der Waals surface area contributed by atoms with Crippen LogP contribution in [-0.2, 0) is 11.5 Å². The number of carbonyl (C=O) groups excluding carboxylic acids is 1. The van der Waals surface area contributed by atoms with Gasteiger partial charge in [0.25, 0.3) is 0 Å². The molecule has 6 nitrogen and oxygen atoms in total. The third-order valence-electron chi connectivity index (χ3n) is 4.02. The van der Waals surface area contributed by atoms with Crippen LogP contribution in [0.5, 0.6) is 0 Å². The molecule has 1 aliphatic heterocycles. The molecule has 25 heavy (non-hydrogen) atoms. The Bertz CT molecular complexity index is 909. The summed E-state index contributed by atoms with van der Waals surface area (Å²) in [5, 5.41) is 12.2. The molecule has 2 heterocycles. The first-order valence-corrected chi connectivity index (χ1v) is 8.92. The fraction of sp³-hybridized carbons (Fsp3) is 0.167. The molecule has 0 aliphatic carbocycles. The minimum Gasteiger partial charge on any atom is -0.356 e. The van der Waals surface area contributed by atoms with E-state index in [-0.39, 0.29) is 5.91 Å². The molecule has 0 atom stereocenters. The number of rotatable bonds is 4. The molecule has 1 amide bonds. The zero-order valence-corrected chi connectivity index (χ0v) is 14.5. The van der Waals surface area contributed by atoms with Gasteiger partial charge in [-0.3, -0.25) is 9.36 Å². The van der Waals surface area contributed by atoms with E-state index in [2.05, 4.69) is 26.5 Å². The Morgan fingerprint density at radius 1 is 1.12 bits per heavy atom. The standard InChI is InChI=1S/C18H17N5OS/c1-22-12-23-17(14-9-5-6-10-15(14)22)20-21-18(23)25-11-16(24)19-13-7-3-2-4-8-13/h2-10H,11-12H2,1H3,(H,19,24). The quantitative estimate of drug-likeness (QED) is 0.732. The van der Waals surface area contributed by atoms with Gasteiger partial charge in [-0.25, -0.2) is 0 Å². The molecule has 126 valence electrons. The van der Waals surface area contributed by atoms with Crippen LogP contribution >= 0.6 is 11.8 Å². The summed E-state index contributed by atoms with van der Waals surface area (Å²) in [6, 6.07) is 17.6. The first kappa shape index (κ1) is 15.7. The topological polar surface area (TPSA) is 63.1 Å². The van der Waals surface area contributed by atoms with Crippen LogP contribution in [0, 0.1) is 0 Å². The molecule has 7 heteroatoms. The number of aromatic nitrogens is 3. The minimum atomic E-state index is -0.0573. The van der Waals surface area contributed by atoms with Crippen LogP contribution in [0.4, 0.5) is 11.4 Å². The highest BCUT2D eigenvalue weighted by molar-refractivity contribution is 7.99. The summed E-state index contributed by atoms with van der Waals surface area (Å²) in [7, 11) is 2.04. The van der Waals surface area contributed by atoms with Gasteiger partial charge in [0.05, 0.1) is 12.4 Å². The molecule has 0 spiro atoms. The van der Waals surface area contributed by atoms with E-state index in [0.29, 0.717) is 12.4 Å². The van der Waals surface area contributed by atoms with E-state index in [4.69, 9.17) is 0 Å². The van der Waals surface area contributed by atoms with Crippen molar-refractivity contribution in [2.45, 2.75) is 11.8 Å². The third kappa shape index (κ3) is 3.10. The molecule has 3 aromatic rings. The van der Waals surface area contributed by atoms with Gasteiger partial charge < -0.3 is 10.2 Å². The summed E-state index contributed by atoms with van der Waals surface area (Å²) in [5.74, 6) is 1.08. The number of fused-ring (bicyclic) bond motifs is 3. The number of nitrogens with zero attached hydrogens (tertiary/aromatic N) is 4. The Morgan fingerprint density at radius 3 is 2.72 bits per heavy atom. The Balaban J connectivity index is 1.49. The van der Waals surface area contributed by atoms with Crippen LogP contribution in [0.2, 0.25) is 0 Å². The van der Waals surface area contributed by atoms with E-state index in [1.807, 2.05) is 60.1 Å². The number of hydrogen-bond acceptors (Lipinski definition) is 5. The van der Waals surface area contributed by atoms with Crippen LogP contribution in [0.3, 0.4) is 0 Å². The SMILES string of the molecule is CN1Cn2c(SCC(=O)Nc3ccccc3)nnc2-c2ccccc21. The predicted octanol–water partition coefficient (Wildman–Crippen LogP) is 3.08. The smallest absolute Gasteiger partial charge is 0.234 e. The van der Waals surface area contributed by atoms with Gasteiger partial charge in [0.1, 0.15) is 0 Å². The second-order valence-electron chi connectivity index (χ2n) is 5.79. The Hall–Kier alpha value is -2.80. The molecule has 0 radical (unpaired) electrons. The summed E-state index contributed by atoms with van der Waals surface area (Å²) < 4.78 is 2.04. The summed E-state index contributed by atoms with van der Waals surface area (Å²) in [6.07, 6.45) is 0. The van der Waals surface area contributed by atoms with Gasteiger partial charge >= 0.3 is 0 Å². The number of anilines is 2. The maximum atomic E-state index is 12.1. The summed E-state index contributed by atoms with van der Waals surface area (Å²) in [4.78, 5) is 14.3. The zero-order chi connectivity index (χ0) is 17.2. The molecule has 0 saturated heterocycles. The molecule has 1 aromatic heterocycles. The van der Waals surface area contributed by atoms with Crippen molar-refractivity contribution >= 4 is 29.0 Å². The van der Waals surface area contributed by atoms with E-state index >= 15 is 0 Å². The second kappa shape index (κ2) is 6.60. The molecule has 0 unspecified atom stereocenters. The van der Waals surface area contributed by atoms with Gasteiger partial charge in [0.15, 0.2) is 11.0 Å². The number of para-hydroxylation sites is 2. The Labute approximate surface area is 149 Å². The Kier molecular flexibility index (Phi) is 4.15. The lowest BCUT2D eigenvalue weighted by atomic mass is 10.1. The highest BCUT2D eigenvalue weighted by atomic mass is 32.2. The van der Waals surface area contributed by atoms with Crippen LogP contribution in [0.1, 0.15) is 0 Å². The lowest BCUT2D eigenvalue weighted by Gasteiger charge is -2.28. The molecule has 4 rings (SSSR count). The number of amides is 1. The van der Waals surface area contributed by atoms with E-state index < -0.39 is 0 Å². The van der Waals surface area contributed by atoms with Crippen molar-refractivity contribution in [3.8, 4) is 11.4 Å². The predicted molar refractivity (Wildman–Crippen MR) is 99.7 cm³/mol. The van der Waals surface area contributed by atoms with Gasteiger partial charge in [0, 0.05) is 24.0 Å². The number of nitrogens with one attached hydrogen (secondary N) is 1. The third-order valence-corrected chi connectivity index (χ3v) is 4.98. The lowest BCUT2D eigenvalue weighted by molar-refractivity contribution is -0.113. The van der Waals surface area contributed by atoms with Crippen LogP contribution < -0.4 is 10.2 Å². The highest BCUT2D eigenvalue weighted by Gasteiger charge is 2.24. The highest BCUT2D eigenvalue weighted by Crippen LogP contribution is 2.35. The second-order valence-corrected chi connectivity index (χ2v) is 6.74. The average molecular weight is 351 g/mol. The molecule has 0 bridgehead atoms. The first-order chi connectivity index (χ1) is 12.2. The molecule has 2 aromatic carbocycles. The maximum absolute atomic E-state index is 12.1. The largest absolute Gasteiger partial charge is 0.356 e. The normalized spacial score (nSPS) is 12.4. The van der Waals surface area contributed by atoms with E-state index in [1.54, 1.807) is 0 Å². The van der Waals surface area contributed by atoms with Crippen molar-refractivity contribution in [3.05, 3.63) is 54.6 Å². The van der Waals surface area contributed by atoms with Gasteiger partial charge in [0.2, 0.25) is 5.91 Å². The molecular formula is C18H17N5OS. The lowest BCUT2D eigenvalue weighted by Crippen LogP contribution is -2.27. The van der Waals surface area contributed by atoms with Gasteiger partial charge in [-0.15, -0.1) is 10.2 Å². The number of hydrogen-bond donors (Lipinski definition) is 1. The fourth-order valence-electron chi connectivity index (χ4n) is 2.85. The van der Waals surface area contributed by atoms with Crippen LogP contribution in [-0.4, -0.2) is 33.5 Å². The van der Waals surface area contributed by atoms with Crippen molar-refractivity contribution in [1.82, 2.24) is 14.8 Å².